The number of nitrogens with one attached hydrogen (secondary N) is 1. The number of thiol groups is 1. The van der Waals surface area contributed by atoms with Gasteiger partial charge in [0.2, 0.25) is 0 Å². The van der Waals surface area contributed by atoms with Crippen LogP contribution in [0.5, 0.6) is 0 Å². The molecule has 1 amide bonds. The van der Waals surface area contributed by atoms with Crippen LogP contribution in [0, 0.1) is 0 Å². The quantitative estimate of drug-likeness (QED) is 0.583. The van der Waals surface area contributed by atoms with Gasteiger partial charge in [-0.3, -0.25) is 4.79 Å². The first-order valence-electron chi connectivity index (χ1n) is 5.21. The van der Waals surface area contributed by atoms with Gasteiger partial charge in [-0.25, -0.2) is 0 Å². The Labute approximate surface area is 96.5 Å². The van der Waals surface area contributed by atoms with Gasteiger partial charge >= 0.3 is 0 Å². The van der Waals surface area contributed by atoms with Crippen molar-refractivity contribution in [2.45, 2.75) is 25.0 Å². The van der Waals surface area contributed by atoms with E-state index < -0.39 is 0 Å². The third-order valence-electron chi connectivity index (χ3n) is 2.12. The van der Waals surface area contributed by atoms with Crippen LogP contribution in [0.4, 0.5) is 0 Å². The Balaban J connectivity index is 2.25. The van der Waals surface area contributed by atoms with E-state index in [0.29, 0.717) is 5.25 Å². The summed E-state index contributed by atoms with van der Waals surface area (Å²) in [5.74, 6) is 0.00224. The summed E-state index contributed by atoms with van der Waals surface area (Å²) < 4.78 is 0. The molecular formula is C12H17NOS. The third-order valence-corrected chi connectivity index (χ3v) is 2.38. The molecule has 0 saturated carbocycles. The average molecular weight is 223 g/mol. The summed E-state index contributed by atoms with van der Waals surface area (Å²) in [7, 11) is 0. The lowest BCUT2D eigenvalue weighted by Crippen LogP contribution is -2.24. The van der Waals surface area contributed by atoms with Crippen molar-refractivity contribution < 1.29 is 4.79 Å². The van der Waals surface area contributed by atoms with Crippen molar-refractivity contribution in [3.63, 3.8) is 0 Å². The van der Waals surface area contributed by atoms with Gasteiger partial charge in [0, 0.05) is 12.1 Å². The van der Waals surface area contributed by atoms with Crippen LogP contribution in [0.25, 0.3) is 0 Å². The number of carbonyl (C=O) groups excluding carboxylic acids is 1. The lowest BCUT2D eigenvalue weighted by molar-refractivity contribution is 0.0953. The van der Waals surface area contributed by atoms with E-state index >= 15 is 0 Å². The molecule has 1 aromatic rings. The molecule has 0 radical (unpaired) electrons. The second-order valence-electron chi connectivity index (χ2n) is 3.61. The van der Waals surface area contributed by atoms with Crippen molar-refractivity contribution >= 4 is 18.5 Å². The summed E-state index contributed by atoms with van der Waals surface area (Å²) >= 11 is 4.28. The van der Waals surface area contributed by atoms with Gasteiger partial charge in [0.1, 0.15) is 0 Å². The van der Waals surface area contributed by atoms with Gasteiger partial charge in [0.25, 0.3) is 5.91 Å². The van der Waals surface area contributed by atoms with Gasteiger partial charge in [0.15, 0.2) is 0 Å². The van der Waals surface area contributed by atoms with E-state index in [1.807, 2.05) is 30.3 Å². The highest BCUT2D eigenvalue weighted by atomic mass is 32.1. The number of hydrogen-bond donors (Lipinski definition) is 2. The molecule has 0 saturated heterocycles. The minimum absolute atomic E-state index is 0.00224. The molecule has 0 aliphatic carbocycles. The number of carbonyl (C=O) groups is 1. The Morgan fingerprint density at radius 1 is 1.40 bits per heavy atom. The maximum Gasteiger partial charge on any atom is 0.251 e. The van der Waals surface area contributed by atoms with Crippen molar-refractivity contribution in [1.29, 1.82) is 0 Å². The maximum atomic E-state index is 11.6. The standard InChI is InChI=1S/C12H17NOS/c1-10(15)6-5-9-13-12(14)11-7-3-2-4-8-11/h2-4,7-8,10,15H,5-6,9H2,1H3,(H,13,14). The van der Waals surface area contributed by atoms with Crippen LogP contribution in [-0.4, -0.2) is 17.7 Å². The van der Waals surface area contributed by atoms with Crippen LogP contribution in [-0.2, 0) is 0 Å². The average Bonchev–Trinajstić information content (AvgIpc) is 2.25. The molecular weight excluding hydrogens is 206 g/mol. The second-order valence-corrected chi connectivity index (χ2v) is 4.49. The Bertz CT molecular complexity index is 298. The predicted octanol–water partition coefficient (Wildman–Crippen LogP) is 2.51. The molecule has 0 spiro atoms. The zero-order valence-corrected chi connectivity index (χ0v) is 9.84. The molecule has 0 aromatic heterocycles. The number of amides is 1. The molecule has 1 N–H and O–H groups in total. The smallest absolute Gasteiger partial charge is 0.251 e. The van der Waals surface area contributed by atoms with Crippen molar-refractivity contribution in [2.75, 3.05) is 6.54 Å². The molecule has 15 heavy (non-hydrogen) atoms. The maximum absolute atomic E-state index is 11.6. The highest BCUT2D eigenvalue weighted by Gasteiger charge is 2.02. The lowest BCUT2D eigenvalue weighted by Gasteiger charge is -2.06. The monoisotopic (exact) mass is 223 g/mol. The van der Waals surface area contributed by atoms with Crippen molar-refractivity contribution in [1.82, 2.24) is 5.32 Å². The number of benzene rings is 1. The van der Waals surface area contributed by atoms with E-state index in [0.717, 1.165) is 24.9 Å². The van der Waals surface area contributed by atoms with E-state index in [4.69, 9.17) is 0 Å². The molecule has 0 bridgehead atoms. The minimum Gasteiger partial charge on any atom is -0.352 e. The Morgan fingerprint density at radius 2 is 2.07 bits per heavy atom. The molecule has 0 aliphatic heterocycles. The van der Waals surface area contributed by atoms with E-state index in [1.54, 1.807) is 0 Å². The van der Waals surface area contributed by atoms with Crippen molar-refractivity contribution in [3.05, 3.63) is 35.9 Å². The van der Waals surface area contributed by atoms with Gasteiger partial charge in [-0.1, -0.05) is 25.1 Å². The zero-order chi connectivity index (χ0) is 11.1. The van der Waals surface area contributed by atoms with E-state index in [9.17, 15) is 4.79 Å². The van der Waals surface area contributed by atoms with Gasteiger partial charge in [-0.2, -0.15) is 12.6 Å². The molecule has 2 nitrogen and oxygen atoms in total. The number of rotatable bonds is 5. The van der Waals surface area contributed by atoms with Crippen LogP contribution in [0.2, 0.25) is 0 Å². The molecule has 1 aromatic carbocycles. The summed E-state index contributed by atoms with van der Waals surface area (Å²) in [5.41, 5.74) is 0.719. The highest BCUT2D eigenvalue weighted by molar-refractivity contribution is 7.80. The van der Waals surface area contributed by atoms with Gasteiger partial charge in [-0.15, -0.1) is 0 Å². The molecule has 0 heterocycles. The van der Waals surface area contributed by atoms with Crippen LogP contribution in [0.3, 0.4) is 0 Å². The van der Waals surface area contributed by atoms with Gasteiger partial charge in [0.05, 0.1) is 0 Å². The SMILES string of the molecule is CC(S)CCCNC(=O)c1ccccc1. The summed E-state index contributed by atoms with van der Waals surface area (Å²) in [6, 6.07) is 9.27. The fourth-order valence-electron chi connectivity index (χ4n) is 1.29. The molecule has 1 rings (SSSR count). The van der Waals surface area contributed by atoms with E-state index in [-0.39, 0.29) is 5.91 Å². The normalized spacial score (nSPS) is 12.1. The van der Waals surface area contributed by atoms with Crippen LogP contribution in [0.1, 0.15) is 30.1 Å². The topological polar surface area (TPSA) is 29.1 Å². The molecule has 1 unspecified atom stereocenters. The fraction of sp³-hybridized carbons (Fsp3) is 0.417. The molecule has 0 fully saturated rings. The number of hydrogen-bond acceptors (Lipinski definition) is 2. The molecule has 3 heteroatoms. The zero-order valence-electron chi connectivity index (χ0n) is 8.94. The summed E-state index contributed by atoms with van der Waals surface area (Å²) in [6.07, 6.45) is 2.00. The van der Waals surface area contributed by atoms with Crippen molar-refractivity contribution in [2.24, 2.45) is 0 Å². The summed E-state index contributed by atoms with van der Waals surface area (Å²) in [4.78, 5) is 11.6. The van der Waals surface area contributed by atoms with Crippen LogP contribution >= 0.6 is 12.6 Å². The first kappa shape index (κ1) is 12.1. The minimum atomic E-state index is 0.00224. The summed E-state index contributed by atoms with van der Waals surface area (Å²) in [6.45, 7) is 2.78. The first-order chi connectivity index (χ1) is 7.20. The largest absolute Gasteiger partial charge is 0.352 e. The van der Waals surface area contributed by atoms with Crippen LogP contribution in [0.15, 0.2) is 30.3 Å². The van der Waals surface area contributed by atoms with E-state index in [2.05, 4.69) is 24.9 Å². The second kappa shape index (κ2) is 6.51. The summed E-state index contributed by atoms with van der Waals surface area (Å²) in [5, 5.41) is 3.28. The Hall–Kier alpha value is -0.960. The molecule has 1 atom stereocenters. The third kappa shape index (κ3) is 4.88. The van der Waals surface area contributed by atoms with Crippen LogP contribution < -0.4 is 5.32 Å². The molecule has 0 aliphatic rings. The van der Waals surface area contributed by atoms with E-state index in [1.165, 1.54) is 0 Å². The highest BCUT2D eigenvalue weighted by Crippen LogP contribution is 2.02. The Morgan fingerprint density at radius 3 is 2.67 bits per heavy atom. The van der Waals surface area contributed by atoms with Crippen molar-refractivity contribution in [3.8, 4) is 0 Å². The fourth-order valence-corrected chi connectivity index (χ4v) is 1.47. The van der Waals surface area contributed by atoms with Gasteiger partial charge in [-0.05, 0) is 30.2 Å². The molecule has 82 valence electrons. The first-order valence-corrected chi connectivity index (χ1v) is 5.73. The van der Waals surface area contributed by atoms with Gasteiger partial charge < -0.3 is 5.32 Å². The Kier molecular flexibility index (Phi) is 5.26. The predicted molar refractivity (Wildman–Crippen MR) is 66.5 cm³/mol. The lowest BCUT2D eigenvalue weighted by atomic mass is 10.2.